The molecule has 1 rings (SSSR count). The van der Waals surface area contributed by atoms with Crippen molar-refractivity contribution in [1.82, 2.24) is 0 Å². The van der Waals surface area contributed by atoms with Gasteiger partial charge in [0.2, 0.25) is 0 Å². The van der Waals surface area contributed by atoms with Gasteiger partial charge in [0, 0.05) is 12.3 Å². The number of ketones is 1. The number of rotatable bonds is 1. The first-order chi connectivity index (χ1) is 5.52. The molecule has 0 amide bonds. The summed E-state index contributed by atoms with van der Waals surface area (Å²) in [6.07, 6.45) is 0.795. The van der Waals surface area contributed by atoms with Crippen LogP contribution in [0.15, 0.2) is 12.2 Å². The molecule has 1 unspecified atom stereocenters. The predicted octanol–water partition coefficient (Wildman–Crippen LogP) is 1.54. The summed E-state index contributed by atoms with van der Waals surface area (Å²) in [5, 5.41) is 9.51. The molecule has 2 nitrogen and oxygen atoms in total. The van der Waals surface area contributed by atoms with E-state index < -0.39 is 6.10 Å². The Morgan fingerprint density at radius 1 is 1.67 bits per heavy atom. The van der Waals surface area contributed by atoms with Crippen molar-refractivity contribution in [3.05, 3.63) is 12.2 Å². The van der Waals surface area contributed by atoms with Crippen LogP contribution in [0.2, 0.25) is 0 Å². The van der Waals surface area contributed by atoms with Gasteiger partial charge in [-0.25, -0.2) is 0 Å². The van der Waals surface area contributed by atoms with E-state index in [0.29, 0.717) is 12.8 Å². The summed E-state index contributed by atoms with van der Waals surface area (Å²) in [6.45, 7) is 7.52. The van der Waals surface area contributed by atoms with Crippen LogP contribution >= 0.6 is 0 Å². The lowest BCUT2D eigenvalue weighted by atomic mass is 9.77. The van der Waals surface area contributed by atoms with Gasteiger partial charge in [0.25, 0.3) is 0 Å². The maximum atomic E-state index is 11.3. The van der Waals surface area contributed by atoms with Gasteiger partial charge in [0.1, 0.15) is 5.78 Å². The number of hydrogen-bond acceptors (Lipinski definition) is 2. The smallest absolute Gasteiger partial charge is 0.138 e. The van der Waals surface area contributed by atoms with Gasteiger partial charge in [0.05, 0.1) is 6.10 Å². The maximum absolute atomic E-state index is 11.3. The number of carbonyl (C=O) groups excluding carboxylic acids is 1. The first kappa shape index (κ1) is 9.46. The fraction of sp³-hybridized carbons (Fsp3) is 0.700. The molecule has 0 aromatic carbocycles. The molecular formula is C10H16O2. The standard InChI is InChI=1S/C10H16O2/c1-6(2)8-4-9(11)7(3)10(12)5-8/h7-9,11H,1,4-5H2,2-3H3/t7?,8-,9-/m0/s1. The topological polar surface area (TPSA) is 37.3 Å². The van der Waals surface area contributed by atoms with Crippen molar-refractivity contribution >= 4 is 5.78 Å². The molecule has 1 aliphatic rings. The average molecular weight is 168 g/mol. The number of Topliss-reactive ketones (excluding diaryl/α,β-unsaturated/α-hetero) is 1. The molecule has 1 aliphatic carbocycles. The SMILES string of the molecule is C=C(C)[C@@H]1CC(=O)C(C)[C@@H](O)C1. The molecule has 0 heterocycles. The summed E-state index contributed by atoms with van der Waals surface area (Å²) in [5.41, 5.74) is 1.01. The summed E-state index contributed by atoms with van der Waals surface area (Å²) in [5.74, 6) is 0.186. The van der Waals surface area contributed by atoms with Gasteiger partial charge in [0.15, 0.2) is 0 Å². The molecule has 0 bridgehead atoms. The molecule has 68 valence electrons. The lowest BCUT2D eigenvalue weighted by molar-refractivity contribution is -0.129. The van der Waals surface area contributed by atoms with E-state index in [0.717, 1.165) is 5.57 Å². The van der Waals surface area contributed by atoms with Crippen LogP contribution in [0.1, 0.15) is 26.7 Å². The summed E-state index contributed by atoms with van der Waals surface area (Å²) in [6, 6.07) is 0. The fourth-order valence-corrected chi connectivity index (χ4v) is 1.60. The van der Waals surface area contributed by atoms with Gasteiger partial charge in [-0.05, 0) is 19.3 Å². The van der Waals surface area contributed by atoms with Crippen molar-refractivity contribution in [2.75, 3.05) is 0 Å². The number of aliphatic hydroxyl groups is 1. The Morgan fingerprint density at radius 2 is 2.25 bits per heavy atom. The van der Waals surface area contributed by atoms with Crippen molar-refractivity contribution in [2.45, 2.75) is 32.8 Å². The molecular weight excluding hydrogens is 152 g/mol. The Hall–Kier alpha value is -0.630. The molecule has 3 atom stereocenters. The Morgan fingerprint density at radius 3 is 2.67 bits per heavy atom. The second kappa shape index (κ2) is 3.40. The van der Waals surface area contributed by atoms with E-state index in [1.165, 1.54) is 0 Å². The molecule has 2 heteroatoms. The first-order valence-electron chi connectivity index (χ1n) is 4.38. The molecule has 1 saturated carbocycles. The third-order valence-electron chi connectivity index (χ3n) is 2.76. The quantitative estimate of drug-likeness (QED) is 0.603. The Labute approximate surface area is 73.3 Å². The first-order valence-corrected chi connectivity index (χ1v) is 4.38. The minimum Gasteiger partial charge on any atom is -0.392 e. The Balaban J connectivity index is 2.66. The number of hydrogen-bond donors (Lipinski definition) is 1. The molecule has 0 spiro atoms. The van der Waals surface area contributed by atoms with Crippen LogP contribution in [0.4, 0.5) is 0 Å². The highest BCUT2D eigenvalue weighted by molar-refractivity contribution is 5.82. The largest absolute Gasteiger partial charge is 0.392 e. The van der Waals surface area contributed by atoms with Crippen LogP contribution in [-0.2, 0) is 4.79 Å². The molecule has 1 N–H and O–H groups in total. The zero-order valence-electron chi connectivity index (χ0n) is 7.71. The Bertz CT molecular complexity index is 208. The maximum Gasteiger partial charge on any atom is 0.138 e. The zero-order chi connectivity index (χ0) is 9.30. The third kappa shape index (κ3) is 1.75. The zero-order valence-corrected chi connectivity index (χ0v) is 7.71. The number of allylic oxidation sites excluding steroid dienone is 1. The summed E-state index contributed by atoms with van der Waals surface area (Å²) in [7, 11) is 0. The summed E-state index contributed by atoms with van der Waals surface area (Å²) in [4.78, 5) is 11.3. The fourth-order valence-electron chi connectivity index (χ4n) is 1.60. The highest BCUT2D eigenvalue weighted by atomic mass is 16.3. The molecule has 0 radical (unpaired) electrons. The lowest BCUT2D eigenvalue weighted by Crippen LogP contribution is -2.35. The lowest BCUT2D eigenvalue weighted by Gasteiger charge is -2.30. The molecule has 0 aromatic rings. The Kier molecular flexibility index (Phi) is 2.68. The number of carbonyl (C=O) groups is 1. The van der Waals surface area contributed by atoms with E-state index >= 15 is 0 Å². The third-order valence-corrected chi connectivity index (χ3v) is 2.76. The highest BCUT2D eigenvalue weighted by Gasteiger charge is 2.32. The minimum absolute atomic E-state index is 0.168. The average Bonchev–Trinajstić information content (AvgIpc) is 1.99. The van der Waals surface area contributed by atoms with Crippen LogP contribution < -0.4 is 0 Å². The van der Waals surface area contributed by atoms with Crippen molar-refractivity contribution in [1.29, 1.82) is 0 Å². The summed E-state index contributed by atoms with van der Waals surface area (Å²) < 4.78 is 0. The van der Waals surface area contributed by atoms with Crippen molar-refractivity contribution < 1.29 is 9.90 Å². The van der Waals surface area contributed by atoms with E-state index in [9.17, 15) is 9.90 Å². The van der Waals surface area contributed by atoms with Crippen molar-refractivity contribution in [3.63, 3.8) is 0 Å². The van der Waals surface area contributed by atoms with E-state index in [1.807, 2.05) is 6.92 Å². The summed E-state index contributed by atoms with van der Waals surface area (Å²) >= 11 is 0. The van der Waals surface area contributed by atoms with E-state index in [2.05, 4.69) is 6.58 Å². The van der Waals surface area contributed by atoms with Gasteiger partial charge in [-0.2, -0.15) is 0 Å². The predicted molar refractivity (Wildman–Crippen MR) is 47.7 cm³/mol. The van der Waals surface area contributed by atoms with Crippen molar-refractivity contribution in [2.24, 2.45) is 11.8 Å². The monoisotopic (exact) mass is 168 g/mol. The van der Waals surface area contributed by atoms with Crippen molar-refractivity contribution in [3.8, 4) is 0 Å². The highest BCUT2D eigenvalue weighted by Crippen LogP contribution is 2.30. The molecule has 0 saturated heterocycles. The molecule has 0 aromatic heterocycles. The normalized spacial score (nSPS) is 36.6. The van der Waals surface area contributed by atoms with Crippen LogP contribution in [0.5, 0.6) is 0 Å². The van der Waals surface area contributed by atoms with Gasteiger partial charge >= 0.3 is 0 Å². The second-order valence-electron chi connectivity index (χ2n) is 3.81. The van der Waals surface area contributed by atoms with Crippen LogP contribution in [0.25, 0.3) is 0 Å². The van der Waals surface area contributed by atoms with E-state index in [1.54, 1.807) is 6.92 Å². The van der Waals surface area contributed by atoms with Gasteiger partial charge < -0.3 is 5.11 Å². The van der Waals surface area contributed by atoms with E-state index in [-0.39, 0.29) is 17.6 Å². The van der Waals surface area contributed by atoms with Gasteiger partial charge in [-0.3, -0.25) is 4.79 Å². The molecule has 1 fully saturated rings. The molecule has 0 aliphatic heterocycles. The van der Waals surface area contributed by atoms with E-state index in [4.69, 9.17) is 0 Å². The van der Waals surface area contributed by atoms with Crippen LogP contribution in [0, 0.1) is 11.8 Å². The van der Waals surface area contributed by atoms with Crippen LogP contribution in [0.3, 0.4) is 0 Å². The molecule has 12 heavy (non-hydrogen) atoms. The van der Waals surface area contributed by atoms with Gasteiger partial charge in [-0.1, -0.05) is 19.1 Å². The second-order valence-corrected chi connectivity index (χ2v) is 3.81. The van der Waals surface area contributed by atoms with Gasteiger partial charge in [-0.15, -0.1) is 0 Å². The van der Waals surface area contributed by atoms with Crippen LogP contribution in [-0.4, -0.2) is 17.0 Å². The number of aliphatic hydroxyl groups excluding tert-OH is 1. The minimum atomic E-state index is -0.465.